The van der Waals surface area contributed by atoms with E-state index in [9.17, 15) is 10.1 Å². The highest BCUT2D eigenvalue weighted by Gasteiger charge is 2.25. The van der Waals surface area contributed by atoms with Crippen molar-refractivity contribution >= 4 is 5.84 Å². The summed E-state index contributed by atoms with van der Waals surface area (Å²) >= 11 is 0. The second-order valence-electron chi connectivity index (χ2n) is 2.50. The van der Waals surface area contributed by atoms with E-state index in [4.69, 9.17) is 5.11 Å². The number of rotatable bonds is 4. The molecule has 6 heteroatoms. The summed E-state index contributed by atoms with van der Waals surface area (Å²) in [5.74, 6) is 0.481. The third-order valence-corrected chi connectivity index (χ3v) is 1.48. The van der Waals surface area contributed by atoms with Crippen LogP contribution in [0.5, 0.6) is 0 Å². The predicted octanol–water partition coefficient (Wildman–Crippen LogP) is -1.03. The van der Waals surface area contributed by atoms with Gasteiger partial charge in [0.1, 0.15) is 0 Å². The molecule has 0 unspecified atom stereocenters. The first kappa shape index (κ1) is 8.92. The topological polar surface area (TPSA) is 78.7 Å². The second kappa shape index (κ2) is 4.01. The molecule has 68 valence electrons. The van der Waals surface area contributed by atoms with Crippen LogP contribution in [-0.4, -0.2) is 53.6 Å². The molecule has 0 radical (unpaired) electrons. The molecule has 1 heterocycles. The molecule has 0 aromatic rings. The molecule has 12 heavy (non-hydrogen) atoms. The van der Waals surface area contributed by atoms with Crippen molar-refractivity contribution in [1.29, 1.82) is 0 Å². The standard InChI is InChI=1S/C6H11N3O3/c10-4-1-7-6(5-9(11)12)8-2-3-8/h10H,1-5H2. The molecular formula is C6H11N3O3. The first-order valence-corrected chi connectivity index (χ1v) is 3.75. The zero-order chi connectivity index (χ0) is 8.97. The van der Waals surface area contributed by atoms with E-state index in [1.165, 1.54) is 0 Å². The van der Waals surface area contributed by atoms with Crippen LogP contribution in [-0.2, 0) is 0 Å². The number of hydrogen-bond acceptors (Lipinski definition) is 4. The maximum Gasteiger partial charge on any atom is 0.260 e. The average Bonchev–Trinajstić information content (AvgIpc) is 2.79. The highest BCUT2D eigenvalue weighted by atomic mass is 16.6. The SMILES string of the molecule is O=[N+]([O-])CC(=NCCO)N1CC1. The number of nitro groups is 1. The fraction of sp³-hybridized carbons (Fsp3) is 0.833. The molecule has 1 aliphatic heterocycles. The molecule has 0 saturated carbocycles. The minimum Gasteiger partial charge on any atom is -0.394 e. The first-order valence-electron chi connectivity index (χ1n) is 3.75. The molecule has 1 rings (SSSR count). The number of aliphatic imine (C=N–C) groups is 1. The summed E-state index contributed by atoms with van der Waals surface area (Å²) in [7, 11) is 0. The molecule has 0 aliphatic carbocycles. The van der Waals surface area contributed by atoms with Gasteiger partial charge in [-0.05, 0) is 0 Å². The van der Waals surface area contributed by atoms with Gasteiger partial charge in [-0.3, -0.25) is 15.1 Å². The zero-order valence-corrected chi connectivity index (χ0v) is 6.64. The zero-order valence-electron chi connectivity index (χ0n) is 6.64. The largest absolute Gasteiger partial charge is 0.394 e. The normalized spacial score (nSPS) is 16.4. The molecule has 1 fully saturated rings. The highest BCUT2D eigenvalue weighted by Crippen LogP contribution is 2.05. The Morgan fingerprint density at radius 3 is 2.75 bits per heavy atom. The first-order chi connectivity index (χ1) is 5.74. The van der Waals surface area contributed by atoms with Crippen molar-refractivity contribution < 1.29 is 10.0 Å². The van der Waals surface area contributed by atoms with Gasteiger partial charge in [0.25, 0.3) is 6.54 Å². The maximum atomic E-state index is 10.1. The third-order valence-electron chi connectivity index (χ3n) is 1.48. The lowest BCUT2D eigenvalue weighted by molar-refractivity contribution is -0.464. The lowest BCUT2D eigenvalue weighted by atomic mass is 10.5. The molecule has 0 aromatic heterocycles. The Balaban J connectivity index is 2.42. The van der Waals surface area contributed by atoms with E-state index in [1.54, 1.807) is 0 Å². The lowest BCUT2D eigenvalue weighted by Gasteiger charge is -2.01. The molecule has 0 aromatic carbocycles. The van der Waals surface area contributed by atoms with Gasteiger partial charge in [-0.15, -0.1) is 0 Å². The molecule has 6 nitrogen and oxygen atoms in total. The molecule has 1 N–H and O–H groups in total. The third kappa shape index (κ3) is 2.83. The van der Waals surface area contributed by atoms with Crippen molar-refractivity contribution in [2.45, 2.75) is 0 Å². The van der Waals surface area contributed by atoms with E-state index in [0.29, 0.717) is 5.84 Å². The smallest absolute Gasteiger partial charge is 0.260 e. The van der Waals surface area contributed by atoms with Gasteiger partial charge in [0, 0.05) is 18.0 Å². The molecule has 0 bridgehead atoms. The van der Waals surface area contributed by atoms with E-state index >= 15 is 0 Å². The van der Waals surface area contributed by atoms with Gasteiger partial charge < -0.3 is 10.0 Å². The van der Waals surface area contributed by atoms with Gasteiger partial charge in [-0.25, -0.2) is 0 Å². The van der Waals surface area contributed by atoms with E-state index < -0.39 is 4.92 Å². The number of nitrogens with zero attached hydrogens (tertiary/aromatic N) is 3. The van der Waals surface area contributed by atoms with E-state index in [0.717, 1.165) is 13.1 Å². The minimum atomic E-state index is -0.408. The summed E-state index contributed by atoms with van der Waals surface area (Å²) in [6.45, 7) is 1.64. The predicted molar refractivity (Wildman–Crippen MR) is 42.8 cm³/mol. The van der Waals surface area contributed by atoms with E-state index in [1.807, 2.05) is 4.90 Å². The average molecular weight is 173 g/mol. The summed E-state index contributed by atoms with van der Waals surface area (Å²) < 4.78 is 0. The molecule has 0 amide bonds. The van der Waals surface area contributed by atoms with Gasteiger partial charge in [0.2, 0.25) is 0 Å². The van der Waals surface area contributed by atoms with Gasteiger partial charge in [-0.2, -0.15) is 0 Å². The van der Waals surface area contributed by atoms with Crippen LogP contribution < -0.4 is 0 Å². The number of amidine groups is 1. The summed E-state index contributed by atoms with van der Waals surface area (Å²) in [5.41, 5.74) is 0. The van der Waals surface area contributed by atoms with Gasteiger partial charge in [-0.1, -0.05) is 0 Å². The second-order valence-corrected chi connectivity index (χ2v) is 2.50. The van der Waals surface area contributed by atoms with Gasteiger partial charge in [0.05, 0.1) is 13.2 Å². The Bertz CT molecular complexity index is 200. The Kier molecular flexibility index (Phi) is 2.98. The van der Waals surface area contributed by atoms with Crippen LogP contribution in [0.1, 0.15) is 0 Å². The van der Waals surface area contributed by atoms with Crippen LogP contribution in [0.3, 0.4) is 0 Å². The summed E-state index contributed by atoms with van der Waals surface area (Å²) in [6, 6.07) is 0. The number of hydrogen-bond donors (Lipinski definition) is 1. The Hall–Kier alpha value is -1.17. The minimum absolute atomic E-state index is 0.0605. The fourth-order valence-corrected chi connectivity index (χ4v) is 0.853. The molecule has 1 aliphatic rings. The van der Waals surface area contributed by atoms with Crippen molar-refractivity contribution in [3.63, 3.8) is 0 Å². The molecule has 1 saturated heterocycles. The van der Waals surface area contributed by atoms with Crippen molar-refractivity contribution in [2.75, 3.05) is 32.8 Å². The molecular weight excluding hydrogens is 162 g/mol. The molecule has 0 atom stereocenters. The van der Waals surface area contributed by atoms with E-state index in [2.05, 4.69) is 4.99 Å². The quantitative estimate of drug-likeness (QED) is 0.194. The summed E-state index contributed by atoms with van der Waals surface area (Å²) in [6.07, 6.45) is 0. The van der Waals surface area contributed by atoms with Crippen molar-refractivity contribution in [3.8, 4) is 0 Å². The molecule has 0 spiro atoms. The maximum absolute atomic E-state index is 10.1. The Morgan fingerprint density at radius 2 is 2.33 bits per heavy atom. The van der Waals surface area contributed by atoms with Gasteiger partial charge in [0.15, 0.2) is 5.84 Å². The summed E-state index contributed by atoms with van der Waals surface area (Å²) in [4.78, 5) is 15.4. The van der Waals surface area contributed by atoms with Crippen LogP contribution in [0, 0.1) is 10.1 Å². The van der Waals surface area contributed by atoms with E-state index in [-0.39, 0.29) is 19.7 Å². The van der Waals surface area contributed by atoms with Crippen LogP contribution in [0.25, 0.3) is 0 Å². The Labute approximate surface area is 69.7 Å². The van der Waals surface area contributed by atoms with Crippen LogP contribution in [0.4, 0.5) is 0 Å². The summed E-state index contributed by atoms with van der Waals surface area (Å²) in [5, 5.41) is 18.6. The van der Waals surface area contributed by atoms with Gasteiger partial charge >= 0.3 is 0 Å². The van der Waals surface area contributed by atoms with Crippen molar-refractivity contribution in [3.05, 3.63) is 10.1 Å². The van der Waals surface area contributed by atoms with Crippen LogP contribution in [0.2, 0.25) is 0 Å². The van der Waals surface area contributed by atoms with Crippen molar-refractivity contribution in [1.82, 2.24) is 4.90 Å². The van der Waals surface area contributed by atoms with Crippen LogP contribution in [0.15, 0.2) is 4.99 Å². The number of aliphatic hydroxyl groups excluding tert-OH is 1. The monoisotopic (exact) mass is 173 g/mol. The van der Waals surface area contributed by atoms with Crippen LogP contribution >= 0.6 is 0 Å². The van der Waals surface area contributed by atoms with Crippen molar-refractivity contribution in [2.24, 2.45) is 4.99 Å². The highest BCUT2D eigenvalue weighted by molar-refractivity contribution is 5.85. The number of aliphatic hydroxyl groups is 1. The Morgan fingerprint density at radius 1 is 1.67 bits per heavy atom. The lowest BCUT2D eigenvalue weighted by Crippen LogP contribution is -2.22. The fourth-order valence-electron chi connectivity index (χ4n) is 0.853.